The Morgan fingerprint density at radius 2 is 2.24 bits per heavy atom. The Labute approximate surface area is 126 Å². The van der Waals surface area contributed by atoms with Crippen molar-refractivity contribution in [3.8, 4) is 0 Å². The van der Waals surface area contributed by atoms with Crippen LogP contribution in [0.25, 0.3) is 0 Å². The highest BCUT2D eigenvalue weighted by molar-refractivity contribution is 5.87. The fraction of sp³-hybridized carbons (Fsp3) is 0.625. The highest BCUT2D eigenvalue weighted by atomic mass is 16.3. The minimum Gasteiger partial charge on any atom is -0.383 e. The van der Waals surface area contributed by atoms with E-state index in [1.165, 1.54) is 32.1 Å². The van der Waals surface area contributed by atoms with E-state index in [2.05, 4.69) is 10.4 Å². The van der Waals surface area contributed by atoms with Crippen LogP contribution in [0, 0.1) is 5.92 Å². The van der Waals surface area contributed by atoms with E-state index >= 15 is 0 Å². The Morgan fingerprint density at radius 3 is 2.86 bits per heavy atom. The summed E-state index contributed by atoms with van der Waals surface area (Å²) in [4.78, 5) is 11.8. The van der Waals surface area contributed by atoms with E-state index in [-0.39, 0.29) is 12.5 Å². The number of allylic oxidation sites excluding steroid dienone is 1. The largest absolute Gasteiger partial charge is 0.383 e. The van der Waals surface area contributed by atoms with Crippen molar-refractivity contribution >= 4 is 5.91 Å². The number of carbonyl (C=O) groups excluding carboxylic acids is 1. The zero-order valence-electron chi connectivity index (χ0n) is 12.9. The predicted octanol–water partition coefficient (Wildman–Crippen LogP) is 1.88. The molecule has 1 amide bonds. The second-order valence-corrected chi connectivity index (χ2v) is 6.15. The van der Waals surface area contributed by atoms with Crippen LogP contribution in [0.1, 0.15) is 44.6 Å². The standard InChI is InChI=1S/C16H25N3O2/c1-16(21,14-10-18-19(2)11-14)12-17-15(20)9-8-13-6-4-3-5-7-13/h8-11,13,21H,3-7,12H2,1-2H3,(H,17,20). The minimum atomic E-state index is -1.11. The van der Waals surface area contributed by atoms with Crippen LogP contribution in [-0.4, -0.2) is 27.3 Å². The van der Waals surface area contributed by atoms with Crippen molar-refractivity contribution in [2.45, 2.75) is 44.6 Å². The van der Waals surface area contributed by atoms with E-state index in [1.54, 1.807) is 37.1 Å². The molecule has 2 N–H and O–H groups in total. The number of amides is 1. The molecule has 2 rings (SSSR count). The molecule has 1 aromatic heterocycles. The molecule has 1 aromatic rings. The van der Waals surface area contributed by atoms with Crippen molar-refractivity contribution < 1.29 is 9.90 Å². The first kappa shape index (κ1) is 15.8. The average Bonchev–Trinajstić information content (AvgIpc) is 2.92. The number of carbonyl (C=O) groups is 1. The molecule has 0 radical (unpaired) electrons. The second-order valence-electron chi connectivity index (χ2n) is 6.15. The van der Waals surface area contributed by atoms with Crippen molar-refractivity contribution in [1.82, 2.24) is 15.1 Å². The van der Waals surface area contributed by atoms with Gasteiger partial charge in [0, 0.05) is 18.8 Å². The fourth-order valence-corrected chi connectivity index (χ4v) is 2.67. The molecule has 5 heteroatoms. The van der Waals surface area contributed by atoms with E-state index in [0.29, 0.717) is 11.5 Å². The summed E-state index contributed by atoms with van der Waals surface area (Å²) in [5.41, 5.74) is -0.413. The Morgan fingerprint density at radius 1 is 1.52 bits per heavy atom. The van der Waals surface area contributed by atoms with Crippen molar-refractivity contribution in [2.24, 2.45) is 13.0 Å². The number of rotatable bonds is 5. The Bertz CT molecular complexity index is 499. The molecular weight excluding hydrogens is 266 g/mol. The maximum Gasteiger partial charge on any atom is 0.243 e. The quantitative estimate of drug-likeness (QED) is 0.814. The van der Waals surface area contributed by atoms with Gasteiger partial charge in [-0.15, -0.1) is 0 Å². The van der Waals surface area contributed by atoms with Gasteiger partial charge in [0.1, 0.15) is 5.60 Å². The van der Waals surface area contributed by atoms with Crippen molar-refractivity contribution in [1.29, 1.82) is 0 Å². The molecule has 1 saturated carbocycles. The lowest BCUT2D eigenvalue weighted by molar-refractivity contribution is -0.117. The molecule has 1 heterocycles. The number of aromatic nitrogens is 2. The SMILES string of the molecule is Cn1cc(C(C)(O)CNC(=O)C=CC2CCCCC2)cn1. The van der Waals surface area contributed by atoms with Gasteiger partial charge in [0.05, 0.1) is 12.7 Å². The molecule has 5 nitrogen and oxygen atoms in total. The summed E-state index contributed by atoms with van der Waals surface area (Å²) in [5, 5.41) is 17.2. The van der Waals surface area contributed by atoms with Crippen LogP contribution in [0.4, 0.5) is 0 Å². The van der Waals surface area contributed by atoms with Crippen LogP contribution in [0.2, 0.25) is 0 Å². The maximum absolute atomic E-state index is 11.8. The highest BCUT2D eigenvalue weighted by Crippen LogP contribution is 2.24. The van der Waals surface area contributed by atoms with Crippen molar-refractivity contribution in [2.75, 3.05) is 6.54 Å². The lowest BCUT2D eigenvalue weighted by Crippen LogP contribution is -2.37. The van der Waals surface area contributed by atoms with E-state index in [4.69, 9.17) is 0 Å². The number of hydrogen-bond acceptors (Lipinski definition) is 3. The number of aryl methyl sites for hydroxylation is 1. The van der Waals surface area contributed by atoms with Gasteiger partial charge in [0.2, 0.25) is 5.91 Å². The first-order chi connectivity index (χ1) is 9.97. The van der Waals surface area contributed by atoms with Crippen LogP contribution < -0.4 is 5.32 Å². The third-order valence-corrected chi connectivity index (χ3v) is 4.10. The van der Waals surface area contributed by atoms with E-state index in [0.717, 1.165) is 0 Å². The van der Waals surface area contributed by atoms with E-state index in [1.807, 2.05) is 6.08 Å². The van der Waals surface area contributed by atoms with Gasteiger partial charge in [-0.3, -0.25) is 9.48 Å². The molecule has 0 aliphatic heterocycles. The monoisotopic (exact) mass is 291 g/mol. The van der Waals surface area contributed by atoms with Crippen LogP contribution in [0.3, 0.4) is 0 Å². The van der Waals surface area contributed by atoms with Gasteiger partial charge in [-0.25, -0.2) is 0 Å². The molecule has 1 fully saturated rings. The summed E-state index contributed by atoms with van der Waals surface area (Å²) in [6.07, 6.45) is 13.2. The molecule has 0 aromatic carbocycles. The van der Waals surface area contributed by atoms with Gasteiger partial charge in [-0.2, -0.15) is 5.10 Å². The van der Waals surface area contributed by atoms with Gasteiger partial charge >= 0.3 is 0 Å². The lowest BCUT2D eigenvalue weighted by Gasteiger charge is -2.22. The number of nitrogens with zero attached hydrogens (tertiary/aromatic N) is 2. The molecule has 0 bridgehead atoms. The molecular formula is C16H25N3O2. The molecule has 1 aliphatic carbocycles. The number of hydrogen-bond donors (Lipinski definition) is 2. The first-order valence-electron chi connectivity index (χ1n) is 7.65. The summed E-state index contributed by atoms with van der Waals surface area (Å²) in [7, 11) is 1.80. The Balaban J connectivity index is 1.81. The van der Waals surface area contributed by atoms with Crippen LogP contribution in [-0.2, 0) is 17.4 Å². The van der Waals surface area contributed by atoms with Crippen LogP contribution in [0.15, 0.2) is 24.5 Å². The zero-order chi connectivity index (χ0) is 15.3. The van der Waals surface area contributed by atoms with E-state index < -0.39 is 5.60 Å². The molecule has 1 atom stereocenters. The van der Waals surface area contributed by atoms with Gasteiger partial charge in [0.15, 0.2) is 0 Å². The normalized spacial score (nSPS) is 19.6. The van der Waals surface area contributed by atoms with Gasteiger partial charge in [-0.1, -0.05) is 25.3 Å². The molecule has 0 saturated heterocycles. The second kappa shape index (κ2) is 6.89. The summed E-state index contributed by atoms with van der Waals surface area (Å²) in [6.45, 7) is 1.85. The van der Waals surface area contributed by atoms with Crippen molar-refractivity contribution in [3.63, 3.8) is 0 Å². The van der Waals surface area contributed by atoms with E-state index in [9.17, 15) is 9.90 Å². The highest BCUT2D eigenvalue weighted by Gasteiger charge is 2.25. The third kappa shape index (κ3) is 4.70. The molecule has 116 valence electrons. The summed E-state index contributed by atoms with van der Waals surface area (Å²) < 4.78 is 1.63. The number of nitrogens with one attached hydrogen (secondary N) is 1. The first-order valence-corrected chi connectivity index (χ1v) is 7.65. The fourth-order valence-electron chi connectivity index (χ4n) is 2.67. The maximum atomic E-state index is 11.8. The Kier molecular flexibility index (Phi) is 5.17. The number of aliphatic hydroxyl groups is 1. The molecule has 1 unspecified atom stereocenters. The predicted molar refractivity (Wildman–Crippen MR) is 81.5 cm³/mol. The van der Waals surface area contributed by atoms with Gasteiger partial charge < -0.3 is 10.4 Å². The minimum absolute atomic E-state index is 0.148. The van der Waals surface area contributed by atoms with Crippen molar-refractivity contribution in [3.05, 3.63) is 30.1 Å². The average molecular weight is 291 g/mol. The zero-order valence-corrected chi connectivity index (χ0v) is 12.9. The third-order valence-electron chi connectivity index (χ3n) is 4.10. The van der Waals surface area contributed by atoms with Gasteiger partial charge in [0.25, 0.3) is 0 Å². The molecule has 21 heavy (non-hydrogen) atoms. The summed E-state index contributed by atoms with van der Waals surface area (Å²) >= 11 is 0. The Hall–Kier alpha value is -1.62. The smallest absolute Gasteiger partial charge is 0.243 e. The summed E-state index contributed by atoms with van der Waals surface area (Å²) in [5.74, 6) is 0.382. The van der Waals surface area contributed by atoms with Crippen LogP contribution >= 0.6 is 0 Å². The summed E-state index contributed by atoms with van der Waals surface area (Å²) in [6, 6.07) is 0. The molecule has 0 spiro atoms. The lowest BCUT2D eigenvalue weighted by atomic mass is 9.89. The molecule has 1 aliphatic rings. The van der Waals surface area contributed by atoms with Crippen LogP contribution in [0.5, 0.6) is 0 Å². The van der Waals surface area contributed by atoms with Gasteiger partial charge in [-0.05, 0) is 31.8 Å². The topological polar surface area (TPSA) is 67.2 Å².